The Bertz CT molecular complexity index is 700. The van der Waals surface area contributed by atoms with Gasteiger partial charge in [-0.3, -0.25) is 9.67 Å². The van der Waals surface area contributed by atoms with Gasteiger partial charge in [0.1, 0.15) is 0 Å². The SMILES string of the molecule is CN=C(NCCc1ncc(C)s1)NC(C)Cc1c(C)nn(C)c1C. The summed E-state index contributed by atoms with van der Waals surface area (Å²) >= 11 is 1.75. The fourth-order valence-corrected chi connectivity index (χ4v) is 3.49. The van der Waals surface area contributed by atoms with Crippen molar-refractivity contribution < 1.29 is 0 Å². The van der Waals surface area contributed by atoms with Gasteiger partial charge in [0.2, 0.25) is 0 Å². The van der Waals surface area contributed by atoms with Crippen molar-refractivity contribution in [1.29, 1.82) is 0 Å². The number of nitrogens with one attached hydrogen (secondary N) is 2. The van der Waals surface area contributed by atoms with E-state index in [1.165, 1.54) is 16.1 Å². The molecule has 0 saturated carbocycles. The zero-order chi connectivity index (χ0) is 17.7. The third-order valence-electron chi connectivity index (χ3n) is 4.08. The molecular weight excluding hydrogens is 320 g/mol. The second-order valence-corrected chi connectivity index (χ2v) is 7.46. The highest BCUT2D eigenvalue weighted by atomic mass is 32.1. The van der Waals surface area contributed by atoms with E-state index < -0.39 is 0 Å². The number of guanidine groups is 1. The van der Waals surface area contributed by atoms with E-state index >= 15 is 0 Å². The number of aliphatic imine (C=N–C) groups is 1. The summed E-state index contributed by atoms with van der Waals surface area (Å²) in [5.41, 5.74) is 3.64. The minimum Gasteiger partial charge on any atom is -0.356 e. The molecule has 2 rings (SSSR count). The van der Waals surface area contributed by atoms with Gasteiger partial charge < -0.3 is 10.6 Å². The average molecular weight is 349 g/mol. The van der Waals surface area contributed by atoms with Crippen molar-refractivity contribution in [3.8, 4) is 0 Å². The summed E-state index contributed by atoms with van der Waals surface area (Å²) in [7, 11) is 3.79. The molecule has 0 aromatic carbocycles. The minimum atomic E-state index is 0.278. The molecule has 2 aromatic heterocycles. The van der Waals surface area contributed by atoms with Crippen molar-refractivity contribution in [3.05, 3.63) is 33.0 Å². The van der Waals surface area contributed by atoms with Crippen molar-refractivity contribution in [1.82, 2.24) is 25.4 Å². The van der Waals surface area contributed by atoms with E-state index in [-0.39, 0.29) is 6.04 Å². The summed E-state index contributed by atoms with van der Waals surface area (Å²) in [5, 5.41) is 12.5. The molecule has 0 amide bonds. The molecule has 0 aliphatic carbocycles. The van der Waals surface area contributed by atoms with E-state index in [2.05, 4.69) is 53.4 Å². The molecule has 0 radical (unpaired) electrons. The highest BCUT2D eigenvalue weighted by Crippen LogP contribution is 2.14. The zero-order valence-corrected chi connectivity index (χ0v) is 16.3. The molecule has 24 heavy (non-hydrogen) atoms. The molecule has 0 saturated heterocycles. The fourth-order valence-electron chi connectivity index (χ4n) is 2.70. The predicted octanol–water partition coefficient (Wildman–Crippen LogP) is 2.14. The van der Waals surface area contributed by atoms with Gasteiger partial charge in [-0.05, 0) is 39.7 Å². The van der Waals surface area contributed by atoms with E-state index in [9.17, 15) is 0 Å². The van der Waals surface area contributed by atoms with Crippen LogP contribution in [0.4, 0.5) is 0 Å². The van der Waals surface area contributed by atoms with Gasteiger partial charge in [-0.15, -0.1) is 11.3 Å². The van der Waals surface area contributed by atoms with E-state index in [0.717, 1.165) is 36.0 Å². The molecule has 2 N–H and O–H groups in total. The second-order valence-electron chi connectivity index (χ2n) is 6.14. The van der Waals surface area contributed by atoms with Crippen LogP contribution in [0.5, 0.6) is 0 Å². The molecule has 1 unspecified atom stereocenters. The monoisotopic (exact) mass is 348 g/mol. The molecule has 2 heterocycles. The number of aryl methyl sites for hydroxylation is 3. The van der Waals surface area contributed by atoms with Crippen LogP contribution < -0.4 is 10.6 Å². The first-order valence-corrected chi connectivity index (χ1v) is 9.10. The Morgan fingerprint density at radius 3 is 2.67 bits per heavy atom. The summed E-state index contributed by atoms with van der Waals surface area (Å²) in [6, 6.07) is 0.278. The molecule has 7 heteroatoms. The van der Waals surface area contributed by atoms with Crippen LogP contribution in [0.15, 0.2) is 11.2 Å². The Kier molecular flexibility index (Phi) is 6.36. The number of rotatable bonds is 6. The Morgan fingerprint density at radius 1 is 1.38 bits per heavy atom. The Balaban J connectivity index is 1.83. The number of hydrogen-bond acceptors (Lipinski definition) is 4. The number of nitrogens with zero attached hydrogens (tertiary/aromatic N) is 4. The Hall–Kier alpha value is -1.89. The first kappa shape index (κ1) is 18.4. The van der Waals surface area contributed by atoms with Crippen LogP contribution in [0.1, 0.15) is 33.8 Å². The quantitative estimate of drug-likeness (QED) is 0.620. The summed E-state index contributed by atoms with van der Waals surface area (Å²) in [6.45, 7) is 9.26. The van der Waals surface area contributed by atoms with Crippen molar-refractivity contribution in [3.63, 3.8) is 0 Å². The summed E-state index contributed by atoms with van der Waals surface area (Å²) < 4.78 is 1.94. The van der Waals surface area contributed by atoms with Crippen LogP contribution in [0, 0.1) is 20.8 Å². The lowest BCUT2D eigenvalue weighted by Crippen LogP contribution is -2.43. The smallest absolute Gasteiger partial charge is 0.191 e. The third kappa shape index (κ3) is 4.80. The van der Waals surface area contributed by atoms with E-state index in [1.807, 2.05) is 17.9 Å². The standard InChI is InChI=1S/C17H28N6S/c1-11(9-15-13(3)22-23(6)14(15)4)21-17(18-5)19-8-7-16-20-10-12(2)24-16/h10-11H,7-9H2,1-6H3,(H2,18,19,21). The lowest BCUT2D eigenvalue weighted by molar-refractivity contribution is 0.635. The molecule has 6 nitrogen and oxygen atoms in total. The number of aromatic nitrogens is 3. The highest BCUT2D eigenvalue weighted by Gasteiger charge is 2.14. The lowest BCUT2D eigenvalue weighted by atomic mass is 10.1. The van der Waals surface area contributed by atoms with Gasteiger partial charge in [0.25, 0.3) is 0 Å². The summed E-state index contributed by atoms with van der Waals surface area (Å²) in [6.07, 6.45) is 3.76. The van der Waals surface area contributed by atoms with Crippen LogP contribution in [-0.2, 0) is 19.9 Å². The molecule has 132 valence electrons. The van der Waals surface area contributed by atoms with E-state index in [0.29, 0.717) is 0 Å². The third-order valence-corrected chi connectivity index (χ3v) is 5.05. The van der Waals surface area contributed by atoms with Gasteiger partial charge in [0.15, 0.2) is 5.96 Å². The van der Waals surface area contributed by atoms with E-state index in [1.54, 1.807) is 18.4 Å². The van der Waals surface area contributed by atoms with Gasteiger partial charge in [0, 0.05) is 49.9 Å². The van der Waals surface area contributed by atoms with Crippen LogP contribution >= 0.6 is 11.3 Å². The highest BCUT2D eigenvalue weighted by molar-refractivity contribution is 7.11. The van der Waals surface area contributed by atoms with Crippen molar-refractivity contribution in [2.24, 2.45) is 12.0 Å². The molecule has 0 spiro atoms. The molecule has 2 aromatic rings. The van der Waals surface area contributed by atoms with Gasteiger partial charge in [0.05, 0.1) is 10.7 Å². The lowest BCUT2D eigenvalue weighted by Gasteiger charge is -2.18. The predicted molar refractivity (Wildman–Crippen MR) is 101 cm³/mol. The Morgan fingerprint density at radius 2 is 2.12 bits per heavy atom. The van der Waals surface area contributed by atoms with Crippen molar-refractivity contribution in [2.75, 3.05) is 13.6 Å². The second kappa shape index (κ2) is 8.28. The van der Waals surface area contributed by atoms with E-state index in [4.69, 9.17) is 0 Å². The maximum absolute atomic E-state index is 4.49. The zero-order valence-electron chi connectivity index (χ0n) is 15.5. The van der Waals surface area contributed by atoms with Crippen LogP contribution in [0.3, 0.4) is 0 Å². The molecule has 0 bridgehead atoms. The maximum Gasteiger partial charge on any atom is 0.191 e. The van der Waals surface area contributed by atoms with Gasteiger partial charge >= 0.3 is 0 Å². The molecule has 0 aliphatic heterocycles. The van der Waals surface area contributed by atoms with Gasteiger partial charge in [-0.1, -0.05) is 0 Å². The normalized spacial score (nSPS) is 13.2. The molecule has 0 aliphatic rings. The largest absolute Gasteiger partial charge is 0.356 e. The van der Waals surface area contributed by atoms with Gasteiger partial charge in [-0.2, -0.15) is 5.10 Å². The maximum atomic E-state index is 4.49. The molecule has 0 fully saturated rings. The summed E-state index contributed by atoms with van der Waals surface area (Å²) in [5.74, 6) is 0.829. The Labute approximate surface area is 148 Å². The fraction of sp³-hybridized carbons (Fsp3) is 0.588. The summed E-state index contributed by atoms with van der Waals surface area (Å²) in [4.78, 5) is 9.95. The van der Waals surface area contributed by atoms with Crippen molar-refractivity contribution >= 4 is 17.3 Å². The topological polar surface area (TPSA) is 67.1 Å². The van der Waals surface area contributed by atoms with Crippen molar-refractivity contribution in [2.45, 2.75) is 46.6 Å². The van der Waals surface area contributed by atoms with Crippen LogP contribution in [-0.4, -0.2) is 40.4 Å². The van der Waals surface area contributed by atoms with Gasteiger partial charge in [-0.25, -0.2) is 4.98 Å². The molecule has 1 atom stereocenters. The first-order chi connectivity index (χ1) is 11.4. The first-order valence-electron chi connectivity index (χ1n) is 8.28. The van der Waals surface area contributed by atoms with Crippen LogP contribution in [0.25, 0.3) is 0 Å². The average Bonchev–Trinajstić information content (AvgIpc) is 3.05. The minimum absolute atomic E-state index is 0.278. The van der Waals surface area contributed by atoms with Crippen LogP contribution in [0.2, 0.25) is 0 Å². The molecular formula is C17H28N6S. The number of thiazole rings is 1. The number of hydrogen-bond donors (Lipinski definition) is 2.